The fourth-order valence-electron chi connectivity index (χ4n) is 4.53. The molecular formula is C26H15NO5. The van der Waals surface area contributed by atoms with Crippen molar-refractivity contribution in [3.63, 3.8) is 0 Å². The summed E-state index contributed by atoms with van der Waals surface area (Å²) in [5, 5.41) is 13.8. The third-order valence-electron chi connectivity index (χ3n) is 5.96. The number of benzene rings is 4. The maximum absolute atomic E-state index is 13.2. The van der Waals surface area contributed by atoms with Crippen LogP contribution < -0.4 is 10.4 Å². The minimum absolute atomic E-state index is 0.00952. The molecule has 0 amide bonds. The molecule has 0 spiro atoms. The second-order valence-corrected chi connectivity index (χ2v) is 7.71. The molecule has 5 aromatic rings. The molecule has 1 aliphatic heterocycles. The zero-order chi connectivity index (χ0) is 21.8. The van der Waals surface area contributed by atoms with Gasteiger partial charge in [0, 0.05) is 23.6 Å². The van der Waals surface area contributed by atoms with E-state index >= 15 is 0 Å². The number of nitro groups is 1. The molecule has 0 aliphatic carbocycles. The number of rotatable bonds is 2. The van der Waals surface area contributed by atoms with Gasteiger partial charge in [0.2, 0.25) is 0 Å². The van der Waals surface area contributed by atoms with Crippen LogP contribution in [0.3, 0.4) is 0 Å². The Kier molecular flexibility index (Phi) is 3.89. The fraction of sp³-hybridized carbons (Fsp3) is 0.0385. The number of para-hydroxylation sites is 1. The first-order valence-corrected chi connectivity index (χ1v) is 10.1. The molecule has 0 bridgehead atoms. The molecule has 1 atom stereocenters. The summed E-state index contributed by atoms with van der Waals surface area (Å²) in [4.78, 5) is 24.0. The number of hydrogen-bond donors (Lipinski definition) is 0. The van der Waals surface area contributed by atoms with Crippen molar-refractivity contribution in [2.24, 2.45) is 0 Å². The number of ether oxygens (including phenoxy) is 1. The van der Waals surface area contributed by atoms with Gasteiger partial charge in [-0.05, 0) is 34.5 Å². The Morgan fingerprint density at radius 1 is 0.781 bits per heavy atom. The number of fused-ring (bicyclic) bond motifs is 6. The average Bonchev–Trinajstić information content (AvgIpc) is 2.83. The molecule has 0 N–H and O–H groups in total. The van der Waals surface area contributed by atoms with Gasteiger partial charge in [0.15, 0.2) is 0 Å². The molecular weight excluding hydrogens is 406 g/mol. The summed E-state index contributed by atoms with van der Waals surface area (Å²) in [6.07, 6.45) is 0. The van der Waals surface area contributed by atoms with E-state index in [9.17, 15) is 14.9 Å². The van der Waals surface area contributed by atoms with Crippen molar-refractivity contribution in [3.8, 4) is 11.5 Å². The lowest BCUT2D eigenvalue weighted by molar-refractivity contribution is -0.384. The highest BCUT2D eigenvalue weighted by Crippen LogP contribution is 2.50. The number of non-ortho nitro benzene ring substituents is 1. The number of nitrogens with zero attached hydrogens (tertiary/aromatic N) is 1. The van der Waals surface area contributed by atoms with Crippen molar-refractivity contribution >= 4 is 27.4 Å². The zero-order valence-corrected chi connectivity index (χ0v) is 16.6. The normalized spacial score (nSPS) is 14.6. The maximum atomic E-state index is 13.2. The summed E-state index contributed by atoms with van der Waals surface area (Å²) in [7, 11) is 0. The van der Waals surface area contributed by atoms with Crippen LogP contribution in [-0.2, 0) is 0 Å². The van der Waals surface area contributed by atoms with E-state index in [1.165, 1.54) is 12.1 Å². The summed E-state index contributed by atoms with van der Waals surface area (Å²) < 4.78 is 12.0. The molecule has 2 heterocycles. The van der Waals surface area contributed by atoms with Crippen LogP contribution in [-0.4, -0.2) is 4.92 Å². The van der Waals surface area contributed by atoms with E-state index in [-0.39, 0.29) is 5.69 Å². The monoisotopic (exact) mass is 421 g/mol. The molecule has 1 unspecified atom stereocenters. The molecule has 6 nitrogen and oxygen atoms in total. The highest BCUT2D eigenvalue weighted by Gasteiger charge is 2.35. The molecule has 1 aromatic heterocycles. The predicted molar refractivity (Wildman–Crippen MR) is 121 cm³/mol. The molecule has 6 rings (SSSR count). The third-order valence-corrected chi connectivity index (χ3v) is 5.96. The SMILES string of the molecule is O=c1oc2ccccc2c2c1C(c1ccc([N+](=O)[O-])cc1)c1c(ccc3ccccc13)O2. The van der Waals surface area contributed by atoms with Crippen molar-refractivity contribution in [1.29, 1.82) is 0 Å². The summed E-state index contributed by atoms with van der Waals surface area (Å²) in [6.45, 7) is 0. The van der Waals surface area contributed by atoms with Gasteiger partial charge in [-0.15, -0.1) is 0 Å². The summed E-state index contributed by atoms with van der Waals surface area (Å²) >= 11 is 0. The Morgan fingerprint density at radius 3 is 2.28 bits per heavy atom. The van der Waals surface area contributed by atoms with Gasteiger partial charge < -0.3 is 9.15 Å². The molecule has 0 radical (unpaired) electrons. The van der Waals surface area contributed by atoms with E-state index in [1.54, 1.807) is 24.3 Å². The number of hydrogen-bond acceptors (Lipinski definition) is 5. The van der Waals surface area contributed by atoms with Crippen molar-refractivity contribution in [2.45, 2.75) is 5.92 Å². The molecule has 154 valence electrons. The first-order valence-electron chi connectivity index (χ1n) is 10.1. The topological polar surface area (TPSA) is 82.6 Å². The Hall–Kier alpha value is -4.45. The van der Waals surface area contributed by atoms with Crippen LogP contribution >= 0.6 is 0 Å². The second-order valence-electron chi connectivity index (χ2n) is 7.71. The first-order chi connectivity index (χ1) is 15.6. The smallest absolute Gasteiger partial charge is 0.344 e. The van der Waals surface area contributed by atoms with Crippen LogP contribution in [0.4, 0.5) is 5.69 Å². The molecule has 4 aromatic carbocycles. The van der Waals surface area contributed by atoms with Gasteiger partial charge >= 0.3 is 5.63 Å². The minimum Gasteiger partial charge on any atom is -0.456 e. The lowest BCUT2D eigenvalue weighted by Crippen LogP contribution is -2.21. The van der Waals surface area contributed by atoms with Crippen LogP contribution in [0.1, 0.15) is 22.6 Å². The van der Waals surface area contributed by atoms with Crippen molar-refractivity contribution < 1.29 is 14.1 Å². The van der Waals surface area contributed by atoms with Crippen LogP contribution in [0.15, 0.2) is 94.1 Å². The van der Waals surface area contributed by atoms with Gasteiger partial charge in [0.25, 0.3) is 5.69 Å². The van der Waals surface area contributed by atoms with E-state index in [0.717, 1.165) is 21.9 Å². The van der Waals surface area contributed by atoms with Gasteiger partial charge in [-0.25, -0.2) is 4.79 Å². The molecule has 0 saturated heterocycles. The van der Waals surface area contributed by atoms with E-state index in [0.29, 0.717) is 28.0 Å². The maximum Gasteiger partial charge on any atom is 0.344 e. The summed E-state index contributed by atoms with van der Waals surface area (Å²) in [6, 6.07) is 25.3. The first kappa shape index (κ1) is 18.3. The Balaban J connectivity index is 1.72. The third kappa shape index (κ3) is 2.63. The van der Waals surface area contributed by atoms with Crippen molar-refractivity contribution in [1.82, 2.24) is 0 Å². The van der Waals surface area contributed by atoms with E-state index in [2.05, 4.69) is 0 Å². The van der Waals surface area contributed by atoms with Crippen LogP contribution in [0.25, 0.3) is 21.7 Å². The van der Waals surface area contributed by atoms with Crippen molar-refractivity contribution in [3.05, 3.63) is 122 Å². The highest BCUT2D eigenvalue weighted by molar-refractivity contribution is 5.92. The predicted octanol–water partition coefficient (Wildman–Crippen LogP) is 6.14. The Labute approximate surface area is 181 Å². The zero-order valence-electron chi connectivity index (χ0n) is 16.6. The van der Waals surface area contributed by atoms with Gasteiger partial charge in [-0.3, -0.25) is 10.1 Å². The van der Waals surface area contributed by atoms with Gasteiger partial charge in [0.05, 0.1) is 15.9 Å². The standard InChI is InChI=1S/C26H15NO5/c28-26-24-22(16-9-12-17(13-10-16)27(29)30)23-18-6-2-1-5-15(18)11-14-21(23)31-25(24)19-7-3-4-8-20(19)32-26/h1-14,22H. The van der Waals surface area contributed by atoms with E-state index in [4.69, 9.17) is 9.15 Å². The quantitative estimate of drug-likeness (QED) is 0.190. The average molecular weight is 421 g/mol. The highest BCUT2D eigenvalue weighted by atomic mass is 16.6. The lowest BCUT2D eigenvalue weighted by atomic mass is 9.80. The summed E-state index contributed by atoms with van der Waals surface area (Å²) in [5.41, 5.74) is 1.93. The van der Waals surface area contributed by atoms with Crippen molar-refractivity contribution in [2.75, 3.05) is 0 Å². The molecule has 6 heteroatoms. The van der Waals surface area contributed by atoms with Crippen LogP contribution in [0, 0.1) is 10.1 Å². The van der Waals surface area contributed by atoms with Gasteiger partial charge in [-0.1, -0.05) is 54.6 Å². The number of nitro benzene ring substituents is 1. The van der Waals surface area contributed by atoms with Crippen LogP contribution in [0.2, 0.25) is 0 Å². The van der Waals surface area contributed by atoms with Gasteiger partial charge in [-0.2, -0.15) is 0 Å². The Bertz CT molecular complexity index is 1600. The lowest BCUT2D eigenvalue weighted by Gasteiger charge is -2.29. The molecule has 0 fully saturated rings. The largest absolute Gasteiger partial charge is 0.456 e. The van der Waals surface area contributed by atoms with Gasteiger partial charge in [0.1, 0.15) is 17.1 Å². The minimum atomic E-state index is -0.499. The Morgan fingerprint density at radius 2 is 1.50 bits per heavy atom. The van der Waals surface area contributed by atoms with Crippen LogP contribution in [0.5, 0.6) is 11.5 Å². The summed E-state index contributed by atoms with van der Waals surface area (Å²) in [5.74, 6) is 0.611. The molecule has 0 saturated carbocycles. The molecule has 1 aliphatic rings. The molecule has 32 heavy (non-hydrogen) atoms. The fourth-order valence-corrected chi connectivity index (χ4v) is 4.53. The second kappa shape index (κ2) is 6.78. The van der Waals surface area contributed by atoms with E-state index in [1.807, 2.05) is 48.5 Å². The van der Waals surface area contributed by atoms with E-state index < -0.39 is 16.5 Å².